The fourth-order valence-electron chi connectivity index (χ4n) is 3.14. The highest BCUT2D eigenvalue weighted by Crippen LogP contribution is 2.22. The van der Waals surface area contributed by atoms with E-state index in [2.05, 4.69) is 34.6 Å². The Kier molecular flexibility index (Phi) is 8.29. The number of aliphatic imine (C=N–C) groups is 1. The number of carbonyl (C=O) groups is 2. The number of rotatable bonds is 9. The first-order chi connectivity index (χ1) is 13.1. The number of likely N-dealkylation sites (tertiary alicyclic amines) is 1. The Bertz CT molecular complexity index is 636. The van der Waals surface area contributed by atoms with Gasteiger partial charge in [0.15, 0.2) is 11.7 Å². The Morgan fingerprint density at radius 1 is 1.22 bits per heavy atom. The average molecular weight is 377 g/mol. The van der Waals surface area contributed by atoms with E-state index in [-0.39, 0.29) is 11.8 Å². The minimum atomic E-state index is -0.0921. The molecule has 0 atom stereocenters. The molecule has 0 aromatic carbocycles. The quantitative estimate of drug-likeness (QED) is 0.389. The summed E-state index contributed by atoms with van der Waals surface area (Å²) in [6.45, 7) is 8.17. The number of imide groups is 1. The first kappa shape index (κ1) is 20.9. The van der Waals surface area contributed by atoms with Gasteiger partial charge in [-0.1, -0.05) is 19.0 Å². The van der Waals surface area contributed by atoms with Crippen molar-refractivity contribution in [2.75, 3.05) is 19.6 Å². The molecule has 150 valence electrons. The molecule has 1 fully saturated rings. The number of hydrogen-bond acceptors (Lipinski definition) is 5. The molecule has 2 heterocycles. The second kappa shape index (κ2) is 10.7. The standard InChI is InChI=1S/C19H31N5O3/c1-4-14(5-2)16-12-15(27-23-16)13-22-19(20-6-3)21-10-11-24-17(25)8-7-9-18(24)26/h12,14H,4-11,13H2,1-3H3,(H2,20,21,22). The van der Waals surface area contributed by atoms with Gasteiger partial charge in [0.05, 0.1) is 5.69 Å². The molecule has 1 aliphatic rings. The summed E-state index contributed by atoms with van der Waals surface area (Å²) in [5.41, 5.74) is 0.977. The number of nitrogens with one attached hydrogen (secondary N) is 2. The second-order valence-electron chi connectivity index (χ2n) is 6.65. The SMILES string of the molecule is CCNC(=NCc1cc(C(CC)CC)no1)NCCN1C(=O)CCCC1=O. The van der Waals surface area contributed by atoms with E-state index in [9.17, 15) is 9.59 Å². The second-order valence-corrected chi connectivity index (χ2v) is 6.65. The normalized spacial score (nSPS) is 15.6. The summed E-state index contributed by atoms with van der Waals surface area (Å²) in [7, 11) is 0. The van der Waals surface area contributed by atoms with Crippen LogP contribution in [0.4, 0.5) is 0 Å². The van der Waals surface area contributed by atoms with Crippen LogP contribution in [-0.4, -0.2) is 47.5 Å². The third kappa shape index (κ3) is 6.08. The van der Waals surface area contributed by atoms with Crippen LogP contribution in [0, 0.1) is 0 Å². The molecule has 1 saturated heterocycles. The van der Waals surface area contributed by atoms with Gasteiger partial charge in [0, 0.05) is 44.5 Å². The van der Waals surface area contributed by atoms with E-state index in [1.54, 1.807) is 0 Å². The van der Waals surface area contributed by atoms with Gasteiger partial charge in [0.2, 0.25) is 11.8 Å². The summed E-state index contributed by atoms with van der Waals surface area (Å²) in [5, 5.41) is 10.5. The molecule has 0 saturated carbocycles. The van der Waals surface area contributed by atoms with E-state index in [0.29, 0.717) is 57.3 Å². The fraction of sp³-hybridized carbons (Fsp3) is 0.684. The molecule has 0 spiro atoms. The highest BCUT2D eigenvalue weighted by molar-refractivity contribution is 5.97. The van der Waals surface area contributed by atoms with E-state index in [4.69, 9.17) is 4.52 Å². The maximum Gasteiger partial charge on any atom is 0.229 e. The number of hydrogen-bond donors (Lipinski definition) is 2. The highest BCUT2D eigenvalue weighted by atomic mass is 16.5. The third-order valence-electron chi connectivity index (χ3n) is 4.73. The lowest BCUT2D eigenvalue weighted by atomic mass is 9.99. The summed E-state index contributed by atoms with van der Waals surface area (Å²) >= 11 is 0. The zero-order valence-corrected chi connectivity index (χ0v) is 16.6. The van der Waals surface area contributed by atoms with E-state index in [0.717, 1.165) is 24.3 Å². The zero-order chi connectivity index (χ0) is 19.6. The van der Waals surface area contributed by atoms with E-state index in [1.807, 2.05) is 13.0 Å². The molecule has 1 aromatic heterocycles. The van der Waals surface area contributed by atoms with E-state index >= 15 is 0 Å². The minimum Gasteiger partial charge on any atom is -0.359 e. The molecular weight excluding hydrogens is 346 g/mol. The Balaban J connectivity index is 1.88. The molecule has 1 aromatic rings. The number of nitrogens with zero attached hydrogens (tertiary/aromatic N) is 3. The minimum absolute atomic E-state index is 0.0921. The number of amides is 2. The van der Waals surface area contributed by atoms with Crippen LogP contribution in [0.15, 0.2) is 15.6 Å². The maximum atomic E-state index is 11.8. The van der Waals surface area contributed by atoms with Crippen molar-refractivity contribution in [3.05, 3.63) is 17.5 Å². The van der Waals surface area contributed by atoms with Gasteiger partial charge >= 0.3 is 0 Å². The third-order valence-corrected chi connectivity index (χ3v) is 4.73. The van der Waals surface area contributed by atoms with E-state index < -0.39 is 0 Å². The van der Waals surface area contributed by atoms with Crippen molar-refractivity contribution in [3.63, 3.8) is 0 Å². The number of aromatic nitrogens is 1. The van der Waals surface area contributed by atoms with Gasteiger partial charge in [-0.15, -0.1) is 0 Å². The largest absolute Gasteiger partial charge is 0.359 e. The average Bonchev–Trinajstić information content (AvgIpc) is 3.12. The summed E-state index contributed by atoms with van der Waals surface area (Å²) in [4.78, 5) is 29.5. The molecule has 0 unspecified atom stereocenters. The first-order valence-electron chi connectivity index (χ1n) is 9.89. The van der Waals surface area contributed by atoms with Crippen LogP contribution in [0.2, 0.25) is 0 Å². The van der Waals surface area contributed by atoms with Crippen molar-refractivity contribution in [2.24, 2.45) is 4.99 Å². The molecule has 1 aliphatic heterocycles. The Morgan fingerprint density at radius 3 is 2.56 bits per heavy atom. The van der Waals surface area contributed by atoms with Gasteiger partial charge < -0.3 is 15.2 Å². The van der Waals surface area contributed by atoms with E-state index in [1.165, 1.54) is 4.90 Å². The van der Waals surface area contributed by atoms with Crippen LogP contribution in [0.5, 0.6) is 0 Å². The summed E-state index contributed by atoms with van der Waals surface area (Å²) in [6.07, 6.45) is 3.62. The Hall–Kier alpha value is -2.38. The van der Waals surface area contributed by atoms with Crippen LogP contribution < -0.4 is 10.6 Å². The van der Waals surface area contributed by atoms with Crippen molar-refractivity contribution in [1.29, 1.82) is 0 Å². The molecule has 8 nitrogen and oxygen atoms in total. The van der Waals surface area contributed by atoms with Crippen LogP contribution in [0.1, 0.15) is 70.2 Å². The molecule has 8 heteroatoms. The lowest BCUT2D eigenvalue weighted by molar-refractivity contribution is -0.147. The summed E-state index contributed by atoms with van der Waals surface area (Å²) < 4.78 is 5.40. The lowest BCUT2D eigenvalue weighted by Crippen LogP contribution is -2.46. The van der Waals surface area contributed by atoms with Gasteiger partial charge in [-0.3, -0.25) is 14.5 Å². The zero-order valence-electron chi connectivity index (χ0n) is 16.6. The van der Waals surface area contributed by atoms with Crippen molar-refractivity contribution in [1.82, 2.24) is 20.7 Å². The van der Waals surface area contributed by atoms with Crippen molar-refractivity contribution >= 4 is 17.8 Å². The topological polar surface area (TPSA) is 99.8 Å². The smallest absolute Gasteiger partial charge is 0.229 e. The molecule has 0 bridgehead atoms. The predicted molar refractivity (Wildman–Crippen MR) is 103 cm³/mol. The van der Waals surface area contributed by atoms with Crippen LogP contribution in [0.3, 0.4) is 0 Å². The molecule has 2 N–H and O–H groups in total. The first-order valence-corrected chi connectivity index (χ1v) is 9.89. The van der Waals surface area contributed by atoms with Gasteiger partial charge in [0.1, 0.15) is 6.54 Å². The summed E-state index contributed by atoms with van der Waals surface area (Å²) in [5.74, 6) is 1.57. The monoisotopic (exact) mass is 377 g/mol. The number of guanidine groups is 1. The molecule has 0 aliphatic carbocycles. The highest BCUT2D eigenvalue weighted by Gasteiger charge is 2.25. The van der Waals surface area contributed by atoms with Crippen molar-refractivity contribution < 1.29 is 14.1 Å². The summed E-state index contributed by atoms with van der Waals surface area (Å²) in [6, 6.07) is 1.97. The number of piperidine rings is 1. The van der Waals surface area contributed by atoms with Crippen LogP contribution in [-0.2, 0) is 16.1 Å². The van der Waals surface area contributed by atoms with Gasteiger partial charge in [0.25, 0.3) is 0 Å². The lowest BCUT2D eigenvalue weighted by Gasteiger charge is -2.25. The molecule has 2 rings (SSSR count). The van der Waals surface area contributed by atoms with Crippen LogP contribution >= 0.6 is 0 Å². The van der Waals surface area contributed by atoms with Crippen LogP contribution in [0.25, 0.3) is 0 Å². The van der Waals surface area contributed by atoms with Gasteiger partial charge in [-0.05, 0) is 26.2 Å². The molecule has 0 radical (unpaired) electrons. The molecule has 2 amide bonds. The fourth-order valence-corrected chi connectivity index (χ4v) is 3.14. The Morgan fingerprint density at radius 2 is 1.93 bits per heavy atom. The number of carbonyl (C=O) groups excluding carboxylic acids is 2. The maximum absolute atomic E-state index is 11.8. The Labute approximate surface area is 160 Å². The van der Waals surface area contributed by atoms with Crippen molar-refractivity contribution in [2.45, 2.75) is 65.3 Å². The van der Waals surface area contributed by atoms with Gasteiger partial charge in [-0.25, -0.2) is 4.99 Å². The predicted octanol–water partition coefficient (Wildman–Crippen LogP) is 2.17. The molecular formula is C19H31N5O3. The van der Waals surface area contributed by atoms with Gasteiger partial charge in [-0.2, -0.15) is 0 Å². The van der Waals surface area contributed by atoms with Crippen molar-refractivity contribution in [3.8, 4) is 0 Å². The molecule has 27 heavy (non-hydrogen) atoms.